The standard InChI is InChI=1S/C22H33N7O5/c23-15(12-14-6-2-1-3-7-14)19(32)28-16(8-4-10-26-22(24)25)21(34)29-11-5-9-17(29)20(33)27-13-18(30)31/h1-3,6-7,15-17H,4-5,8-13,23H2,(H,27,33)(H,28,32)(H,30,31)(H4,24,25,26). The molecule has 34 heavy (non-hydrogen) atoms. The highest BCUT2D eigenvalue weighted by atomic mass is 16.4. The van der Waals surface area contributed by atoms with Crippen LogP contribution in [0.1, 0.15) is 31.2 Å². The van der Waals surface area contributed by atoms with E-state index < -0.39 is 48.4 Å². The van der Waals surface area contributed by atoms with E-state index in [9.17, 15) is 19.2 Å². The van der Waals surface area contributed by atoms with Crippen molar-refractivity contribution in [1.29, 1.82) is 0 Å². The van der Waals surface area contributed by atoms with E-state index in [1.807, 2.05) is 30.3 Å². The summed E-state index contributed by atoms with van der Waals surface area (Å²) >= 11 is 0. The fourth-order valence-corrected chi connectivity index (χ4v) is 3.78. The van der Waals surface area contributed by atoms with Gasteiger partial charge >= 0.3 is 5.97 Å². The molecule has 0 saturated carbocycles. The molecule has 0 aliphatic carbocycles. The number of likely N-dealkylation sites (tertiary alicyclic amines) is 1. The van der Waals surface area contributed by atoms with Crippen molar-refractivity contribution in [3.8, 4) is 0 Å². The lowest BCUT2D eigenvalue weighted by Gasteiger charge is -2.29. The first kappa shape index (κ1) is 26.6. The molecule has 3 unspecified atom stereocenters. The summed E-state index contributed by atoms with van der Waals surface area (Å²) in [5, 5.41) is 13.8. The summed E-state index contributed by atoms with van der Waals surface area (Å²) < 4.78 is 0. The van der Waals surface area contributed by atoms with E-state index in [4.69, 9.17) is 22.3 Å². The molecule has 1 aromatic rings. The van der Waals surface area contributed by atoms with Crippen LogP contribution in [0.15, 0.2) is 35.3 Å². The molecule has 3 amide bonds. The van der Waals surface area contributed by atoms with Gasteiger partial charge in [-0.3, -0.25) is 24.2 Å². The minimum absolute atomic E-state index is 0.0773. The molecule has 2 rings (SSSR count). The van der Waals surface area contributed by atoms with Crippen LogP contribution < -0.4 is 27.8 Å². The van der Waals surface area contributed by atoms with E-state index in [2.05, 4.69) is 15.6 Å². The van der Waals surface area contributed by atoms with Gasteiger partial charge in [0.05, 0.1) is 6.04 Å². The Labute approximate surface area is 197 Å². The van der Waals surface area contributed by atoms with Gasteiger partial charge in [-0.2, -0.15) is 0 Å². The van der Waals surface area contributed by atoms with Crippen LogP contribution >= 0.6 is 0 Å². The molecule has 1 aromatic carbocycles. The Morgan fingerprint density at radius 1 is 1.18 bits per heavy atom. The molecule has 9 N–H and O–H groups in total. The lowest BCUT2D eigenvalue weighted by Crippen LogP contribution is -2.56. The first-order valence-electron chi connectivity index (χ1n) is 11.1. The normalized spacial score (nSPS) is 16.9. The van der Waals surface area contributed by atoms with Gasteiger partial charge in [-0.05, 0) is 37.7 Å². The van der Waals surface area contributed by atoms with Gasteiger partial charge in [0.15, 0.2) is 5.96 Å². The van der Waals surface area contributed by atoms with Crippen molar-refractivity contribution in [2.75, 3.05) is 19.6 Å². The molecule has 186 valence electrons. The first-order valence-corrected chi connectivity index (χ1v) is 11.1. The number of amides is 3. The number of carbonyl (C=O) groups excluding carboxylic acids is 3. The van der Waals surface area contributed by atoms with E-state index >= 15 is 0 Å². The van der Waals surface area contributed by atoms with Crippen molar-refractivity contribution >= 4 is 29.7 Å². The number of carbonyl (C=O) groups is 4. The van der Waals surface area contributed by atoms with Crippen molar-refractivity contribution < 1.29 is 24.3 Å². The summed E-state index contributed by atoms with van der Waals surface area (Å²) in [5.41, 5.74) is 17.6. The number of carboxylic acid groups (broad SMARTS) is 1. The molecule has 1 fully saturated rings. The molecule has 1 aliphatic heterocycles. The van der Waals surface area contributed by atoms with Gasteiger partial charge in [0.1, 0.15) is 18.6 Å². The highest BCUT2D eigenvalue weighted by Crippen LogP contribution is 2.20. The number of guanidine groups is 1. The maximum Gasteiger partial charge on any atom is 0.322 e. The number of aliphatic carboxylic acids is 1. The highest BCUT2D eigenvalue weighted by Gasteiger charge is 2.37. The summed E-state index contributed by atoms with van der Waals surface area (Å²) in [7, 11) is 0. The topological polar surface area (TPSA) is 206 Å². The van der Waals surface area contributed by atoms with Crippen molar-refractivity contribution in [3.05, 3.63) is 35.9 Å². The zero-order valence-electron chi connectivity index (χ0n) is 19.0. The van der Waals surface area contributed by atoms with Crippen molar-refractivity contribution in [2.45, 2.75) is 50.2 Å². The lowest BCUT2D eigenvalue weighted by atomic mass is 10.0. The summed E-state index contributed by atoms with van der Waals surface area (Å²) in [6.45, 7) is 0.0469. The van der Waals surface area contributed by atoms with Crippen LogP contribution in [-0.2, 0) is 25.6 Å². The maximum absolute atomic E-state index is 13.3. The van der Waals surface area contributed by atoms with Gasteiger partial charge in [-0.1, -0.05) is 30.3 Å². The fourth-order valence-electron chi connectivity index (χ4n) is 3.78. The third-order valence-corrected chi connectivity index (χ3v) is 5.45. The predicted molar refractivity (Wildman–Crippen MR) is 125 cm³/mol. The summed E-state index contributed by atoms with van der Waals surface area (Å²) in [6, 6.07) is 6.66. The van der Waals surface area contributed by atoms with Crippen LogP contribution in [0, 0.1) is 0 Å². The minimum Gasteiger partial charge on any atom is -0.480 e. The Balaban J connectivity index is 2.09. The Hall–Kier alpha value is -3.67. The van der Waals surface area contributed by atoms with Crippen LogP contribution in [0.25, 0.3) is 0 Å². The Morgan fingerprint density at radius 3 is 2.53 bits per heavy atom. The summed E-state index contributed by atoms with van der Waals surface area (Å²) in [5.74, 6) is -2.72. The molecule has 0 bridgehead atoms. The molecular formula is C22H33N7O5. The number of benzene rings is 1. The number of rotatable bonds is 12. The predicted octanol–water partition coefficient (Wildman–Crippen LogP) is -1.71. The SMILES string of the molecule is NC(N)=NCCCC(NC(=O)C(N)Cc1ccccc1)C(=O)N1CCCC1C(=O)NCC(=O)O. The van der Waals surface area contributed by atoms with Gasteiger partial charge in [-0.25, -0.2) is 0 Å². The van der Waals surface area contributed by atoms with Crippen molar-refractivity contribution in [3.63, 3.8) is 0 Å². The number of nitrogens with one attached hydrogen (secondary N) is 2. The van der Waals surface area contributed by atoms with Gasteiger partial charge in [0.25, 0.3) is 0 Å². The second kappa shape index (κ2) is 13.1. The molecule has 1 saturated heterocycles. The molecule has 1 aliphatic rings. The zero-order valence-corrected chi connectivity index (χ0v) is 19.0. The van der Waals surface area contributed by atoms with Crippen molar-refractivity contribution in [2.24, 2.45) is 22.2 Å². The molecule has 3 atom stereocenters. The molecular weight excluding hydrogens is 442 g/mol. The van der Waals surface area contributed by atoms with Crippen LogP contribution in [0.4, 0.5) is 0 Å². The van der Waals surface area contributed by atoms with Crippen LogP contribution in [0.3, 0.4) is 0 Å². The zero-order chi connectivity index (χ0) is 25.1. The summed E-state index contributed by atoms with van der Waals surface area (Å²) in [6.07, 6.45) is 1.93. The smallest absolute Gasteiger partial charge is 0.322 e. The van der Waals surface area contributed by atoms with E-state index in [0.717, 1.165) is 5.56 Å². The molecule has 12 nitrogen and oxygen atoms in total. The Bertz CT molecular complexity index is 889. The van der Waals surface area contributed by atoms with E-state index in [1.165, 1.54) is 4.90 Å². The second-order valence-corrected chi connectivity index (χ2v) is 8.11. The van der Waals surface area contributed by atoms with Gasteiger partial charge in [0, 0.05) is 13.1 Å². The average Bonchev–Trinajstić information content (AvgIpc) is 3.29. The number of aliphatic imine (C=N–C) groups is 1. The molecule has 12 heteroatoms. The second-order valence-electron chi connectivity index (χ2n) is 8.11. The van der Waals surface area contributed by atoms with Gasteiger partial charge in [0.2, 0.25) is 17.7 Å². The quantitative estimate of drug-likeness (QED) is 0.116. The largest absolute Gasteiger partial charge is 0.480 e. The molecule has 1 heterocycles. The number of nitrogens with zero attached hydrogens (tertiary/aromatic N) is 2. The number of carboxylic acids is 1. The molecule has 0 aromatic heterocycles. The maximum atomic E-state index is 13.3. The Morgan fingerprint density at radius 2 is 1.88 bits per heavy atom. The minimum atomic E-state index is -1.18. The monoisotopic (exact) mass is 475 g/mol. The van der Waals surface area contributed by atoms with Crippen molar-refractivity contribution in [1.82, 2.24) is 15.5 Å². The third kappa shape index (κ3) is 8.35. The van der Waals surface area contributed by atoms with Gasteiger partial charge < -0.3 is 37.8 Å². The fraction of sp³-hybridized carbons (Fsp3) is 0.500. The Kier molecular flexibility index (Phi) is 10.3. The average molecular weight is 476 g/mol. The van der Waals surface area contributed by atoms with Crippen LogP contribution in [0.2, 0.25) is 0 Å². The third-order valence-electron chi connectivity index (χ3n) is 5.45. The van der Waals surface area contributed by atoms with Crippen LogP contribution in [-0.4, -0.2) is 77.4 Å². The highest BCUT2D eigenvalue weighted by molar-refractivity contribution is 5.94. The number of hydrogen-bond donors (Lipinski definition) is 6. The summed E-state index contributed by atoms with van der Waals surface area (Å²) in [4.78, 5) is 54.6. The van der Waals surface area contributed by atoms with E-state index in [1.54, 1.807) is 0 Å². The van der Waals surface area contributed by atoms with E-state index in [-0.39, 0.29) is 18.9 Å². The molecule has 0 radical (unpaired) electrons. The number of hydrogen-bond acceptors (Lipinski definition) is 6. The van der Waals surface area contributed by atoms with E-state index in [0.29, 0.717) is 32.2 Å². The molecule has 0 spiro atoms. The number of nitrogens with two attached hydrogens (primary N) is 3. The van der Waals surface area contributed by atoms with Crippen LogP contribution in [0.5, 0.6) is 0 Å². The van der Waals surface area contributed by atoms with Gasteiger partial charge in [-0.15, -0.1) is 0 Å². The first-order chi connectivity index (χ1) is 16.2. The lowest BCUT2D eigenvalue weighted by molar-refractivity contribution is -0.143.